The Kier molecular flexibility index (Phi) is 22.9. The van der Waals surface area contributed by atoms with Crippen molar-refractivity contribution in [2.24, 2.45) is 0 Å². The number of carboxylic acids is 1. The van der Waals surface area contributed by atoms with Gasteiger partial charge >= 0.3 is 5.97 Å². The molecule has 1 N–H and O–H groups in total. The maximum Gasteiger partial charge on any atom is 0.303 e. The molecule has 0 radical (unpaired) electrons. The zero-order valence-electron chi connectivity index (χ0n) is 18.1. The summed E-state index contributed by atoms with van der Waals surface area (Å²) in [6.45, 7) is 4.02. The largest absolute Gasteiger partial charge is 0.481 e. The zero-order chi connectivity index (χ0) is 21.7. The highest BCUT2D eigenvalue weighted by Gasteiger charge is 2.27. The molecule has 0 amide bonds. The molecule has 164 valence electrons. The van der Waals surface area contributed by atoms with Crippen molar-refractivity contribution in [3.63, 3.8) is 0 Å². The number of unbranched alkanes of at least 4 members (excludes halogenated alkanes) is 9. The number of carbonyl (C=O) groups is 1. The van der Waals surface area contributed by atoms with Gasteiger partial charge in [0.1, 0.15) is 8.28 Å². The first-order valence-corrected chi connectivity index (χ1v) is 12.4. The van der Waals surface area contributed by atoms with E-state index >= 15 is 0 Å². The molecular formula is C21H39NO3S3. The lowest BCUT2D eigenvalue weighted by atomic mass is 10.1. The molecule has 0 aromatic carbocycles. The van der Waals surface area contributed by atoms with Gasteiger partial charge in [0.05, 0.1) is 6.07 Å². The number of thiocarbonyl (C=S) groups is 1. The van der Waals surface area contributed by atoms with E-state index in [0.717, 1.165) is 15.7 Å². The number of methoxy groups -OCH3 is 1. The minimum atomic E-state index is -0.869. The van der Waals surface area contributed by atoms with Gasteiger partial charge in [0.15, 0.2) is 0 Å². The number of ether oxygens (including phenoxy) is 1. The van der Waals surface area contributed by atoms with Gasteiger partial charge < -0.3 is 9.84 Å². The Morgan fingerprint density at radius 1 is 1.07 bits per heavy atom. The Morgan fingerprint density at radius 2 is 1.54 bits per heavy atom. The predicted molar refractivity (Wildman–Crippen MR) is 128 cm³/mol. The van der Waals surface area contributed by atoms with Crippen LogP contribution in [0.3, 0.4) is 0 Å². The molecule has 0 spiro atoms. The number of rotatable bonds is 15. The maximum atomic E-state index is 10.7. The zero-order valence-corrected chi connectivity index (χ0v) is 20.6. The van der Waals surface area contributed by atoms with Crippen molar-refractivity contribution in [2.75, 3.05) is 20.0 Å². The normalized spacial score (nSPS) is 12.4. The van der Waals surface area contributed by atoms with Gasteiger partial charge in [0, 0.05) is 20.6 Å². The van der Waals surface area contributed by atoms with Gasteiger partial charge in [-0.1, -0.05) is 88.7 Å². The van der Waals surface area contributed by atoms with Crippen LogP contribution < -0.4 is 0 Å². The van der Waals surface area contributed by atoms with Gasteiger partial charge in [-0.2, -0.15) is 5.26 Å². The van der Waals surface area contributed by atoms with E-state index in [1.165, 1.54) is 69.5 Å². The summed E-state index contributed by atoms with van der Waals surface area (Å²) in [4.78, 5) is 10.7. The van der Waals surface area contributed by atoms with Gasteiger partial charge in [0.2, 0.25) is 0 Å². The van der Waals surface area contributed by atoms with Crippen LogP contribution in [0.1, 0.15) is 90.9 Å². The van der Waals surface area contributed by atoms with Crippen LogP contribution in [-0.2, 0) is 9.53 Å². The fraction of sp³-hybridized carbons (Fsp3) is 0.857. The molecule has 0 aliphatic heterocycles. The first kappa shape index (κ1) is 29.9. The van der Waals surface area contributed by atoms with E-state index in [2.05, 4.69) is 17.7 Å². The smallest absolute Gasteiger partial charge is 0.303 e. The Bertz CT molecular complexity index is 441. The topological polar surface area (TPSA) is 70.3 Å². The van der Waals surface area contributed by atoms with Crippen LogP contribution in [0.2, 0.25) is 0 Å². The van der Waals surface area contributed by atoms with Crippen molar-refractivity contribution in [1.82, 2.24) is 0 Å². The highest BCUT2D eigenvalue weighted by molar-refractivity contribution is 8.47. The van der Waals surface area contributed by atoms with Crippen molar-refractivity contribution in [3.05, 3.63) is 0 Å². The number of hydrogen-bond acceptors (Lipinski definition) is 6. The SMILES string of the molecule is CCCCCCCCCCCCSC(=S)SC(C)(C#N)CCC(=O)O.COC. The molecule has 0 heterocycles. The second-order valence-corrected chi connectivity index (χ2v) is 10.8. The third-order valence-electron chi connectivity index (χ3n) is 4.08. The number of nitriles is 1. The predicted octanol–water partition coefficient (Wildman–Crippen LogP) is 7.07. The summed E-state index contributed by atoms with van der Waals surface area (Å²) in [7, 11) is 3.25. The van der Waals surface area contributed by atoms with E-state index in [1.54, 1.807) is 32.9 Å². The van der Waals surface area contributed by atoms with Gasteiger partial charge in [-0.15, -0.1) is 11.8 Å². The number of aliphatic carboxylic acids is 1. The van der Waals surface area contributed by atoms with E-state index in [0.29, 0.717) is 6.42 Å². The summed E-state index contributed by atoms with van der Waals surface area (Å²) in [5.41, 5.74) is 0. The van der Waals surface area contributed by atoms with Gasteiger partial charge in [0.25, 0.3) is 0 Å². The first-order valence-electron chi connectivity index (χ1n) is 10.2. The number of thioether (sulfide) groups is 2. The molecule has 0 saturated carbocycles. The Morgan fingerprint density at radius 3 is 1.96 bits per heavy atom. The van der Waals surface area contributed by atoms with Crippen LogP contribution in [0.4, 0.5) is 0 Å². The second-order valence-electron chi connectivity index (χ2n) is 7.03. The summed E-state index contributed by atoms with van der Waals surface area (Å²) in [5, 5.41) is 18.0. The molecule has 1 unspecified atom stereocenters. The van der Waals surface area contributed by atoms with E-state index in [4.69, 9.17) is 17.3 Å². The standard InChI is InChI=1S/C19H33NO2S3.C2H6O/c1-3-4-5-6-7-8-9-10-11-12-15-24-18(23)25-19(2,16-20)14-13-17(21)22;1-3-2/h3-15H2,1-2H3,(H,21,22);1-2H3. The molecule has 7 heteroatoms. The van der Waals surface area contributed by atoms with Crippen LogP contribution in [0.5, 0.6) is 0 Å². The Balaban J connectivity index is 0. The minimum absolute atomic E-state index is 0.00276. The second kappa shape index (κ2) is 21.4. The van der Waals surface area contributed by atoms with Crippen molar-refractivity contribution < 1.29 is 14.6 Å². The summed E-state index contributed by atoms with van der Waals surface area (Å²) < 4.78 is 4.27. The Labute approximate surface area is 186 Å². The minimum Gasteiger partial charge on any atom is -0.481 e. The molecule has 0 aromatic rings. The molecule has 28 heavy (non-hydrogen) atoms. The van der Waals surface area contributed by atoms with Crippen LogP contribution in [-0.4, -0.2) is 39.3 Å². The van der Waals surface area contributed by atoms with E-state index in [-0.39, 0.29) is 6.42 Å². The van der Waals surface area contributed by atoms with Crippen LogP contribution in [0, 0.1) is 11.3 Å². The van der Waals surface area contributed by atoms with Gasteiger partial charge in [-0.3, -0.25) is 4.79 Å². The third-order valence-corrected chi connectivity index (χ3v) is 6.93. The van der Waals surface area contributed by atoms with E-state index in [9.17, 15) is 10.1 Å². The number of hydrogen-bond donors (Lipinski definition) is 1. The van der Waals surface area contributed by atoms with Crippen molar-refractivity contribution >= 4 is 45.2 Å². The van der Waals surface area contributed by atoms with Crippen molar-refractivity contribution in [2.45, 2.75) is 95.6 Å². The van der Waals surface area contributed by atoms with Crippen LogP contribution in [0.15, 0.2) is 0 Å². The highest BCUT2D eigenvalue weighted by Crippen LogP contribution is 2.34. The molecule has 1 atom stereocenters. The molecule has 0 bridgehead atoms. The average Bonchev–Trinajstić information content (AvgIpc) is 2.65. The molecule has 0 aliphatic rings. The maximum absolute atomic E-state index is 10.7. The monoisotopic (exact) mass is 449 g/mol. The molecule has 0 aromatic heterocycles. The average molecular weight is 450 g/mol. The lowest BCUT2D eigenvalue weighted by Gasteiger charge is -2.19. The summed E-state index contributed by atoms with van der Waals surface area (Å²) in [6.07, 6.45) is 13.5. The molecular weight excluding hydrogens is 410 g/mol. The van der Waals surface area contributed by atoms with E-state index in [1.807, 2.05) is 0 Å². The van der Waals surface area contributed by atoms with Crippen molar-refractivity contribution in [3.8, 4) is 6.07 Å². The molecule has 4 nitrogen and oxygen atoms in total. The molecule has 0 aliphatic carbocycles. The van der Waals surface area contributed by atoms with Crippen molar-refractivity contribution in [1.29, 1.82) is 5.26 Å². The van der Waals surface area contributed by atoms with Gasteiger partial charge in [-0.25, -0.2) is 0 Å². The number of nitrogens with zero attached hydrogens (tertiary/aromatic N) is 1. The fourth-order valence-corrected chi connectivity index (χ4v) is 5.41. The summed E-state index contributed by atoms with van der Waals surface area (Å²) >= 11 is 8.31. The van der Waals surface area contributed by atoms with Gasteiger partial charge in [-0.05, 0) is 25.5 Å². The summed E-state index contributed by atoms with van der Waals surface area (Å²) in [6, 6.07) is 2.21. The first-order chi connectivity index (χ1) is 13.3. The highest BCUT2D eigenvalue weighted by atomic mass is 32.2. The van der Waals surface area contributed by atoms with Crippen LogP contribution >= 0.6 is 35.7 Å². The quantitative estimate of drug-likeness (QED) is 0.212. The molecule has 0 saturated heterocycles. The number of carboxylic acid groups (broad SMARTS) is 1. The third kappa shape index (κ3) is 22.0. The lowest BCUT2D eigenvalue weighted by molar-refractivity contribution is -0.137. The lowest BCUT2D eigenvalue weighted by Crippen LogP contribution is -2.20. The fourth-order valence-electron chi connectivity index (χ4n) is 2.43. The van der Waals surface area contributed by atoms with Crippen LogP contribution in [0.25, 0.3) is 0 Å². The van der Waals surface area contributed by atoms with E-state index < -0.39 is 10.7 Å². The summed E-state index contributed by atoms with van der Waals surface area (Å²) in [5.74, 6) is 0.119. The Hall–Kier alpha value is -0.290. The molecule has 0 rings (SSSR count). The molecule has 0 fully saturated rings.